The maximum absolute atomic E-state index is 13.5. The summed E-state index contributed by atoms with van der Waals surface area (Å²) in [5.74, 6) is 0.601. The fourth-order valence-corrected chi connectivity index (χ4v) is 3.84. The van der Waals surface area contributed by atoms with E-state index in [4.69, 9.17) is 30.9 Å². The highest BCUT2D eigenvalue weighted by molar-refractivity contribution is 6.31. The lowest BCUT2D eigenvalue weighted by Crippen LogP contribution is -2.37. The van der Waals surface area contributed by atoms with Crippen molar-refractivity contribution in [1.82, 2.24) is 14.9 Å². The fraction of sp³-hybridized carbons (Fsp3) is 0.423. The van der Waals surface area contributed by atoms with Crippen molar-refractivity contribution in [3.8, 4) is 11.5 Å². The lowest BCUT2D eigenvalue weighted by Gasteiger charge is -2.26. The number of anilines is 2. The van der Waals surface area contributed by atoms with E-state index in [2.05, 4.69) is 20.2 Å². The Kier molecular flexibility index (Phi) is 11.1. The van der Waals surface area contributed by atoms with E-state index >= 15 is 0 Å². The summed E-state index contributed by atoms with van der Waals surface area (Å²) in [4.78, 5) is 20.6. The van der Waals surface area contributed by atoms with Gasteiger partial charge in [0.1, 0.15) is 18.0 Å². The van der Waals surface area contributed by atoms with E-state index in [1.54, 1.807) is 13.2 Å². The smallest absolute Gasteiger partial charge is 0.303 e. The van der Waals surface area contributed by atoms with E-state index in [-0.39, 0.29) is 5.02 Å². The van der Waals surface area contributed by atoms with Crippen molar-refractivity contribution >= 4 is 40.0 Å². The lowest BCUT2D eigenvalue weighted by molar-refractivity contribution is -0.137. The molecule has 3 aromatic rings. The summed E-state index contributed by atoms with van der Waals surface area (Å²) in [7, 11) is 1.60. The number of ether oxygens (including phenoxy) is 3. The van der Waals surface area contributed by atoms with Crippen LogP contribution < -0.4 is 14.8 Å². The minimum atomic E-state index is -0.711. The Labute approximate surface area is 220 Å². The van der Waals surface area contributed by atoms with Gasteiger partial charge in [-0.2, -0.15) is 0 Å². The SMILES string of the molecule is CCCC(=O)O.COc1cc2ncnc(Nc3ccc(F)c(Cl)c3)c2cc1OCCCN1CCOCC1. The van der Waals surface area contributed by atoms with Gasteiger partial charge in [-0.3, -0.25) is 9.69 Å². The highest BCUT2D eigenvalue weighted by Gasteiger charge is 2.14. The van der Waals surface area contributed by atoms with Gasteiger partial charge in [-0.15, -0.1) is 0 Å². The summed E-state index contributed by atoms with van der Waals surface area (Å²) >= 11 is 5.90. The predicted octanol–water partition coefficient (Wildman–Crippen LogP) is 5.15. The van der Waals surface area contributed by atoms with Gasteiger partial charge in [0.2, 0.25) is 0 Å². The molecule has 200 valence electrons. The third-order valence-corrected chi connectivity index (χ3v) is 5.84. The minimum Gasteiger partial charge on any atom is -0.493 e. The number of aromatic nitrogens is 2. The Morgan fingerprint density at radius 3 is 2.65 bits per heavy atom. The number of nitrogens with one attached hydrogen (secondary N) is 1. The standard InChI is InChI=1S/C22H24ClFN4O3.C4H8O2/c1-29-20-13-19-16(12-21(20)31-8-2-5-28-6-9-30-10-7-28)22(26-14-25-19)27-15-3-4-18(24)17(23)11-15;1-2-3-4(5)6/h3-4,11-14H,2,5-10H2,1H3,(H,25,26,27);2-3H2,1H3,(H,5,6). The molecule has 37 heavy (non-hydrogen) atoms. The van der Waals surface area contributed by atoms with Crippen molar-refractivity contribution in [2.45, 2.75) is 26.2 Å². The first-order valence-electron chi connectivity index (χ1n) is 12.1. The molecule has 0 bridgehead atoms. The van der Waals surface area contributed by atoms with Gasteiger partial charge in [-0.1, -0.05) is 18.5 Å². The van der Waals surface area contributed by atoms with Crippen molar-refractivity contribution in [1.29, 1.82) is 0 Å². The molecule has 11 heteroatoms. The molecule has 0 aliphatic carbocycles. The van der Waals surface area contributed by atoms with Crippen molar-refractivity contribution in [3.63, 3.8) is 0 Å². The van der Waals surface area contributed by atoms with Crippen LogP contribution in [0.15, 0.2) is 36.7 Å². The molecule has 4 rings (SSSR count). The molecule has 1 fully saturated rings. The molecule has 2 aromatic carbocycles. The van der Waals surface area contributed by atoms with Gasteiger partial charge >= 0.3 is 5.97 Å². The third-order valence-electron chi connectivity index (χ3n) is 5.55. The Morgan fingerprint density at radius 2 is 2.00 bits per heavy atom. The number of methoxy groups -OCH3 is 1. The highest BCUT2D eigenvalue weighted by atomic mass is 35.5. The second kappa shape index (κ2) is 14.5. The first-order valence-corrected chi connectivity index (χ1v) is 12.5. The summed E-state index contributed by atoms with van der Waals surface area (Å²) in [5, 5.41) is 11.9. The summed E-state index contributed by atoms with van der Waals surface area (Å²) in [5.41, 5.74) is 1.32. The number of rotatable bonds is 10. The van der Waals surface area contributed by atoms with Crippen molar-refractivity contribution in [2.75, 3.05) is 51.9 Å². The highest BCUT2D eigenvalue weighted by Crippen LogP contribution is 2.35. The largest absolute Gasteiger partial charge is 0.493 e. The molecule has 0 radical (unpaired) electrons. The third kappa shape index (κ3) is 8.70. The van der Waals surface area contributed by atoms with Crippen LogP contribution in [0.25, 0.3) is 10.9 Å². The van der Waals surface area contributed by atoms with Gasteiger partial charge in [0, 0.05) is 43.2 Å². The van der Waals surface area contributed by atoms with Crippen LogP contribution in [-0.4, -0.2) is 72.5 Å². The summed E-state index contributed by atoms with van der Waals surface area (Å²) in [6.07, 6.45) is 3.37. The summed E-state index contributed by atoms with van der Waals surface area (Å²) in [6.45, 7) is 6.85. The van der Waals surface area contributed by atoms with E-state index in [0.29, 0.717) is 41.5 Å². The zero-order chi connectivity index (χ0) is 26.6. The van der Waals surface area contributed by atoms with Crippen LogP contribution in [0.5, 0.6) is 11.5 Å². The van der Waals surface area contributed by atoms with Gasteiger partial charge in [0.25, 0.3) is 0 Å². The number of hydrogen-bond acceptors (Lipinski definition) is 8. The number of benzene rings is 2. The Hall–Kier alpha value is -3.21. The number of carboxylic acid groups (broad SMARTS) is 1. The molecule has 1 saturated heterocycles. The molecule has 2 heterocycles. The van der Waals surface area contributed by atoms with Crippen molar-refractivity contribution in [3.05, 3.63) is 47.5 Å². The molecule has 1 aliphatic heterocycles. The molecular weight excluding hydrogens is 503 g/mol. The first-order chi connectivity index (χ1) is 17.9. The molecule has 0 atom stereocenters. The van der Waals surface area contributed by atoms with E-state index < -0.39 is 11.8 Å². The molecule has 9 nitrogen and oxygen atoms in total. The van der Waals surface area contributed by atoms with Crippen molar-refractivity contribution < 1.29 is 28.5 Å². The van der Waals surface area contributed by atoms with Crippen LogP contribution in [0, 0.1) is 5.82 Å². The van der Waals surface area contributed by atoms with Crippen LogP contribution in [0.1, 0.15) is 26.2 Å². The van der Waals surface area contributed by atoms with Gasteiger partial charge in [0.05, 0.1) is 37.5 Å². The van der Waals surface area contributed by atoms with Gasteiger partial charge in [0.15, 0.2) is 11.5 Å². The second-order valence-corrected chi connectivity index (χ2v) is 8.70. The van der Waals surface area contributed by atoms with Gasteiger partial charge in [-0.25, -0.2) is 14.4 Å². The topological polar surface area (TPSA) is 106 Å². The molecule has 0 spiro atoms. The monoisotopic (exact) mass is 534 g/mol. The quantitative estimate of drug-likeness (QED) is 0.342. The minimum absolute atomic E-state index is 0.0364. The average molecular weight is 535 g/mol. The molecule has 1 aromatic heterocycles. The van der Waals surface area contributed by atoms with E-state index in [1.807, 2.05) is 19.1 Å². The van der Waals surface area contributed by atoms with Crippen LogP contribution in [-0.2, 0) is 9.53 Å². The number of carbonyl (C=O) groups is 1. The summed E-state index contributed by atoms with van der Waals surface area (Å²) < 4.78 is 30.4. The van der Waals surface area contributed by atoms with Crippen molar-refractivity contribution in [2.24, 2.45) is 0 Å². The van der Waals surface area contributed by atoms with Crippen LogP contribution in [0.4, 0.5) is 15.9 Å². The average Bonchev–Trinajstić information content (AvgIpc) is 2.89. The fourth-order valence-electron chi connectivity index (χ4n) is 3.66. The number of nitrogens with zero attached hydrogens (tertiary/aromatic N) is 3. The maximum atomic E-state index is 13.5. The first kappa shape index (κ1) is 28.4. The number of carboxylic acids is 1. The number of halogens is 2. The molecular formula is C26H32ClFN4O5. The Morgan fingerprint density at radius 1 is 1.22 bits per heavy atom. The zero-order valence-electron chi connectivity index (χ0n) is 21.0. The molecule has 0 saturated carbocycles. The van der Waals surface area contributed by atoms with E-state index in [9.17, 15) is 9.18 Å². The molecule has 2 N–H and O–H groups in total. The van der Waals surface area contributed by atoms with Gasteiger partial charge in [-0.05, 0) is 37.1 Å². The van der Waals surface area contributed by atoms with Crippen LogP contribution in [0.2, 0.25) is 5.02 Å². The Bertz CT molecular complexity index is 1180. The van der Waals surface area contributed by atoms with Crippen LogP contribution in [0.3, 0.4) is 0 Å². The second-order valence-electron chi connectivity index (χ2n) is 8.30. The van der Waals surface area contributed by atoms with E-state index in [0.717, 1.165) is 51.1 Å². The maximum Gasteiger partial charge on any atom is 0.303 e. The van der Waals surface area contributed by atoms with Crippen LogP contribution >= 0.6 is 11.6 Å². The molecule has 1 aliphatic rings. The summed E-state index contributed by atoms with van der Waals surface area (Å²) in [6, 6.07) is 8.09. The molecule has 0 unspecified atom stereocenters. The number of hydrogen-bond donors (Lipinski definition) is 2. The molecule has 0 amide bonds. The normalized spacial score (nSPS) is 13.5. The predicted molar refractivity (Wildman–Crippen MR) is 141 cm³/mol. The zero-order valence-corrected chi connectivity index (χ0v) is 21.8. The number of aliphatic carboxylic acids is 1. The lowest BCUT2D eigenvalue weighted by atomic mass is 10.2. The number of fused-ring (bicyclic) bond motifs is 1. The Balaban J connectivity index is 0.000000568. The number of morpholine rings is 1. The van der Waals surface area contributed by atoms with Gasteiger partial charge < -0.3 is 24.6 Å². The van der Waals surface area contributed by atoms with E-state index in [1.165, 1.54) is 18.5 Å².